The van der Waals surface area contributed by atoms with E-state index in [9.17, 15) is 0 Å². The number of ether oxygens (including phenoxy) is 1. The van der Waals surface area contributed by atoms with Crippen LogP contribution >= 0.6 is 11.8 Å². The monoisotopic (exact) mass is 538 g/mol. The number of rotatable bonds is 10. The number of fused-ring (bicyclic) bond motifs is 1. The number of benzene rings is 2. The maximum atomic E-state index is 15.1. The van der Waals surface area contributed by atoms with Crippen molar-refractivity contribution in [3.63, 3.8) is 0 Å². The number of hydrogen-bond donors (Lipinski definition) is 2. The molecule has 0 unspecified atom stereocenters. The van der Waals surface area contributed by atoms with Gasteiger partial charge in [-0.2, -0.15) is 0 Å². The van der Waals surface area contributed by atoms with Crippen LogP contribution in [0.5, 0.6) is 5.75 Å². The molecular formula is C27H35FN8OS. The molecule has 2 aromatic heterocycles. The zero-order valence-corrected chi connectivity index (χ0v) is 23.7. The van der Waals surface area contributed by atoms with Gasteiger partial charge in [-0.1, -0.05) is 11.8 Å². The molecule has 2 heterocycles. The van der Waals surface area contributed by atoms with E-state index in [1.807, 2.05) is 50.2 Å². The molecule has 0 atom stereocenters. The van der Waals surface area contributed by atoms with Gasteiger partial charge in [0.1, 0.15) is 11.3 Å². The summed E-state index contributed by atoms with van der Waals surface area (Å²) < 4.78 is 22.8. The highest BCUT2D eigenvalue weighted by atomic mass is 32.2. The Morgan fingerprint density at radius 3 is 2.55 bits per heavy atom. The number of nitrogens with one attached hydrogen (secondary N) is 1. The molecule has 0 aliphatic heterocycles. The normalized spacial score (nSPS) is 11.5. The summed E-state index contributed by atoms with van der Waals surface area (Å²) in [7, 11) is 7.67. The first-order valence-electron chi connectivity index (χ1n) is 12.3. The number of nitrogens with zero attached hydrogens (tertiary/aromatic N) is 6. The van der Waals surface area contributed by atoms with Gasteiger partial charge in [0.15, 0.2) is 11.0 Å². The Labute approximate surface area is 227 Å². The molecule has 38 heavy (non-hydrogen) atoms. The third kappa shape index (κ3) is 5.63. The Kier molecular flexibility index (Phi) is 8.27. The minimum absolute atomic E-state index is 0.127. The summed E-state index contributed by atoms with van der Waals surface area (Å²) >= 11 is 1.50. The number of anilines is 4. The number of nitrogens with two attached hydrogens (primary N) is 1. The fourth-order valence-electron chi connectivity index (χ4n) is 4.28. The Balaban J connectivity index is 1.67. The van der Waals surface area contributed by atoms with E-state index in [1.54, 1.807) is 19.4 Å². The fourth-order valence-corrected chi connectivity index (χ4v) is 4.96. The van der Waals surface area contributed by atoms with Crippen molar-refractivity contribution >= 4 is 45.8 Å². The predicted octanol–water partition coefficient (Wildman–Crippen LogP) is 5.27. The predicted molar refractivity (Wildman–Crippen MR) is 155 cm³/mol. The van der Waals surface area contributed by atoms with Crippen LogP contribution in [-0.4, -0.2) is 72.0 Å². The molecule has 3 N–H and O–H groups in total. The second-order valence-corrected chi connectivity index (χ2v) is 10.4. The average Bonchev–Trinajstić information content (AvgIpc) is 3.27. The van der Waals surface area contributed by atoms with E-state index in [1.165, 1.54) is 17.8 Å². The summed E-state index contributed by atoms with van der Waals surface area (Å²) in [5, 5.41) is 3.99. The molecule has 0 saturated carbocycles. The van der Waals surface area contributed by atoms with E-state index in [4.69, 9.17) is 10.5 Å². The van der Waals surface area contributed by atoms with Gasteiger partial charge in [0.25, 0.3) is 0 Å². The summed E-state index contributed by atoms with van der Waals surface area (Å²) in [6.07, 6.45) is 3.58. The van der Waals surface area contributed by atoms with Crippen LogP contribution in [0.1, 0.15) is 19.9 Å². The van der Waals surface area contributed by atoms with Gasteiger partial charge in [-0.3, -0.25) is 0 Å². The van der Waals surface area contributed by atoms with Gasteiger partial charge < -0.3 is 30.2 Å². The van der Waals surface area contributed by atoms with Crippen LogP contribution in [0.25, 0.3) is 22.3 Å². The van der Waals surface area contributed by atoms with Gasteiger partial charge in [-0.15, -0.1) is 0 Å². The Hall–Kier alpha value is -3.57. The van der Waals surface area contributed by atoms with Crippen LogP contribution in [-0.2, 0) is 0 Å². The number of thioether (sulfide) groups is 1. The molecule has 0 fully saturated rings. The summed E-state index contributed by atoms with van der Waals surface area (Å²) in [5.41, 5.74) is 10.8. The molecule has 0 spiro atoms. The third-order valence-electron chi connectivity index (χ3n) is 6.26. The van der Waals surface area contributed by atoms with Crippen LogP contribution in [0.4, 0.5) is 27.4 Å². The van der Waals surface area contributed by atoms with E-state index in [-0.39, 0.29) is 11.9 Å². The second-order valence-electron chi connectivity index (χ2n) is 9.61. The summed E-state index contributed by atoms with van der Waals surface area (Å²) in [5.74, 6) is 0.568. The average molecular weight is 539 g/mol. The van der Waals surface area contributed by atoms with Gasteiger partial charge in [-0.05, 0) is 58.5 Å². The minimum Gasteiger partial charge on any atom is -0.494 e. The van der Waals surface area contributed by atoms with Crippen LogP contribution < -0.4 is 20.7 Å². The Morgan fingerprint density at radius 2 is 1.89 bits per heavy atom. The van der Waals surface area contributed by atoms with Gasteiger partial charge in [0, 0.05) is 44.0 Å². The Morgan fingerprint density at radius 1 is 1.13 bits per heavy atom. The van der Waals surface area contributed by atoms with Crippen molar-refractivity contribution in [1.82, 2.24) is 24.4 Å². The molecule has 9 nitrogen and oxygen atoms in total. The quantitative estimate of drug-likeness (QED) is 0.207. The van der Waals surface area contributed by atoms with Crippen LogP contribution in [0.2, 0.25) is 0 Å². The highest BCUT2D eigenvalue weighted by Crippen LogP contribution is 2.37. The molecule has 2 aromatic carbocycles. The molecule has 0 aliphatic rings. The summed E-state index contributed by atoms with van der Waals surface area (Å²) in [6.45, 7) is 5.82. The number of methoxy groups -OCH3 is 1. The standard InChI is InChI=1S/C27H35FN8OS/c1-16(2)36-23-13-17(12-18(28)25(23)33-27(36)38-7)20-8-9-30-26(31-20)32-21-14-19(29)22(15-24(21)37-6)35(5)11-10-34(3)4/h8-9,12-16H,10-11,29H2,1-7H3,(H,30,31,32). The number of aromatic nitrogens is 4. The minimum atomic E-state index is -0.385. The van der Waals surface area contributed by atoms with E-state index >= 15 is 4.39 Å². The number of hydrogen-bond acceptors (Lipinski definition) is 9. The largest absolute Gasteiger partial charge is 0.494 e. The molecule has 0 saturated heterocycles. The number of nitrogen functional groups attached to an aromatic ring is 1. The molecule has 0 bridgehead atoms. The number of halogens is 1. The fraction of sp³-hybridized carbons (Fsp3) is 0.370. The first-order valence-corrected chi connectivity index (χ1v) is 13.5. The molecule has 0 amide bonds. The maximum absolute atomic E-state index is 15.1. The molecular weight excluding hydrogens is 503 g/mol. The van der Waals surface area contributed by atoms with Crippen LogP contribution in [0, 0.1) is 5.82 Å². The zero-order valence-electron chi connectivity index (χ0n) is 22.9. The third-order valence-corrected chi connectivity index (χ3v) is 6.91. The van der Waals surface area contributed by atoms with Crippen molar-refractivity contribution in [3.05, 3.63) is 42.3 Å². The lowest BCUT2D eigenvalue weighted by Crippen LogP contribution is -2.29. The lowest BCUT2D eigenvalue weighted by Gasteiger charge is -2.24. The summed E-state index contributed by atoms with van der Waals surface area (Å²) in [6, 6.07) is 8.99. The van der Waals surface area contributed by atoms with Crippen molar-refractivity contribution < 1.29 is 9.13 Å². The van der Waals surface area contributed by atoms with Crippen LogP contribution in [0.15, 0.2) is 41.7 Å². The first-order chi connectivity index (χ1) is 18.1. The maximum Gasteiger partial charge on any atom is 0.227 e. The van der Waals surface area contributed by atoms with Gasteiger partial charge >= 0.3 is 0 Å². The SMILES string of the molecule is COc1cc(N(C)CCN(C)C)c(N)cc1Nc1nccc(-c2cc(F)c3nc(SC)n(C(C)C)c3c2)n1. The van der Waals surface area contributed by atoms with Gasteiger partial charge in [0.2, 0.25) is 5.95 Å². The van der Waals surface area contributed by atoms with E-state index < -0.39 is 0 Å². The highest BCUT2D eigenvalue weighted by molar-refractivity contribution is 7.98. The van der Waals surface area contributed by atoms with Crippen molar-refractivity contribution in [2.45, 2.75) is 25.0 Å². The van der Waals surface area contributed by atoms with E-state index in [2.05, 4.69) is 43.9 Å². The van der Waals surface area contributed by atoms with Crippen molar-refractivity contribution in [2.75, 3.05) is 63.5 Å². The molecule has 11 heteroatoms. The van der Waals surface area contributed by atoms with Gasteiger partial charge in [-0.25, -0.2) is 19.3 Å². The van der Waals surface area contributed by atoms with Crippen molar-refractivity contribution in [1.29, 1.82) is 0 Å². The second kappa shape index (κ2) is 11.4. The molecule has 4 aromatic rings. The lowest BCUT2D eigenvalue weighted by molar-refractivity contribution is 0.413. The number of imidazole rings is 1. The van der Waals surface area contributed by atoms with Gasteiger partial charge in [0.05, 0.1) is 35.4 Å². The lowest BCUT2D eigenvalue weighted by atomic mass is 10.1. The van der Waals surface area contributed by atoms with Crippen molar-refractivity contribution in [3.8, 4) is 17.0 Å². The Bertz CT molecular complexity index is 1440. The summed E-state index contributed by atoms with van der Waals surface area (Å²) in [4.78, 5) is 17.7. The van der Waals surface area contributed by atoms with E-state index in [0.29, 0.717) is 39.8 Å². The van der Waals surface area contributed by atoms with E-state index in [0.717, 1.165) is 29.5 Å². The number of likely N-dealkylation sites (N-methyl/N-ethyl adjacent to an activating group) is 2. The molecule has 4 rings (SSSR count). The van der Waals surface area contributed by atoms with Crippen molar-refractivity contribution in [2.24, 2.45) is 0 Å². The topological polar surface area (TPSA) is 97.4 Å². The highest BCUT2D eigenvalue weighted by Gasteiger charge is 2.18. The first kappa shape index (κ1) is 27.5. The molecule has 0 radical (unpaired) electrons. The molecule has 0 aliphatic carbocycles. The zero-order chi connectivity index (χ0) is 27.6. The van der Waals surface area contributed by atoms with Crippen LogP contribution in [0.3, 0.4) is 0 Å². The smallest absolute Gasteiger partial charge is 0.227 e. The molecule has 202 valence electrons.